The molecule has 1 unspecified atom stereocenters. The Hall–Kier alpha value is -5.76. The van der Waals surface area contributed by atoms with E-state index in [-0.39, 0.29) is 0 Å². The van der Waals surface area contributed by atoms with Crippen LogP contribution in [0.4, 0.5) is 0 Å². The van der Waals surface area contributed by atoms with Gasteiger partial charge in [-0.05, 0) is 109 Å². The second kappa shape index (κ2) is 9.94. The topological polar surface area (TPSA) is 0 Å². The molecule has 4 aliphatic rings. The first kappa shape index (κ1) is 28.0. The van der Waals surface area contributed by atoms with E-state index in [0.717, 1.165) is 12.8 Å². The average molecular weight is 665 g/mol. The first-order chi connectivity index (χ1) is 25.3. The summed E-state index contributed by atoms with van der Waals surface area (Å²) in [5.74, 6) is 0. The molecule has 0 saturated carbocycles. The van der Waals surface area contributed by atoms with Crippen molar-refractivity contribution in [2.75, 3.05) is 0 Å². The van der Waals surface area contributed by atoms with E-state index in [1.807, 2.05) is 11.3 Å². The van der Waals surface area contributed by atoms with Crippen molar-refractivity contribution in [1.82, 2.24) is 0 Å². The Morgan fingerprint density at radius 3 is 1.76 bits per heavy atom. The summed E-state index contributed by atoms with van der Waals surface area (Å²) in [7, 11) is 0. The number of hydrogen-bond acceptors (Lipinski definition) is 1. The van der Waals surface area contributed by atoms with E-state index in [9.17, 15) is 0 Å². The first-order valence-corrected chi connectivity index (χ1v) is 19.0. The molecule has 4 aliphatic carbocycles. The largest absolute Gasteiger partial charge is 0.135 e. The number of rotatable bonds is 1. The fraction of sp³-hybridized carbons (Fsp3) is 0.0800. The Morgan fingerprint density at radius 2 is 1.00 bits per heavy atom. The summed E-state index contributed by atoms with van der Waals surface area (Å²) in [6.07, 6.45) is 6.90. The molecule has 0 bridgehead atoms. The maximum atomic E-state index is 2.48. The molecule has 12 rings (SSSR count). The van der Waals surface area contributed by atoms with Gasteiger partial charge in [0.25, 0.3) is 0 Å². The molecule has 1 atom stereocenters. The van der Waals surface area contributed by atoms with Crippen LogP contribution in [0.1, 0.15) is 57.3 Å². The zero-order chi connectivity index (χ0) is 33.3. The third-order valence-corrected chi connectivity index (χ3v) is 13.6. The van der Waals surface area contributed by atoms with Crippen molar-refractivity contribution in [3.63, 3.8) is 0 Å². The van der Waals surface area contributed by atoms with Crippen molar-refractivity contribution in [2.24, 2.45) is 0 Å². The number of fused-ring (bicyclic) bond motifs is 18. The molecule has 0 nitrogen and oxygen atoms in total. The fourth-order valence-electron chi connectivity index (χ4n) is 10.7. The van der Waals surface area contributed by atoms with Crippen LogP contribution < -0.4 is 0 Å². The highest BCUT2D eigenvalue weighted by Crippen LogP contribution is 2.69. The summed E-state index contributed by atoms with van der Waals surface area (Å²) in [6, 6.07) is 60.6. The summed E-state index contributed by atoms with van der Waals surface area (Å²) >= 11 is 1.89. The van der Waals surface area contributed by atoms with Gasteiger partial charge in [0.2, 0.25) is 0 Å². The Kier molecular flexibility index (Phi) is 5.45. The van der Waals surface area contributed by atoms with E-state index in [0.29, 0.717) is 0 Å². The first-order valence-electron chi connectivity index (χ1n) is 18.2. The quantitative estimate of drug-likeness (QED) is 0.164. The summed E-state index contributed by atoms with van der Waals surface area (Å²) in [4.78, 5) is 0. The molecule has 8 aromatic rings. The number of thiophene rings is 1. The average Bonchev–Trinajstić information content (AvgIpc) is 3.82. The molecule has 1 heterocycles. The van der Waals surface area contributed by atoms with Crippen molar-refractivity contribution in [3.05, 3.63) is 220 Å². The Balaban J connectivity index is 1.30. The second-order valence-electron chi connectivity index (χ2n) is 14.6. The maximum Gasteiger partial charge on any atom is 0.0720 e. The van der Waals surface area contributed by atoms with Crippen LogP contribution in [0.3, 0.4) is 0 Å². The van der Waals surface area contributed by atoms with Crippen molar-refractivity contribution in [1.29, 1.82) is 0 Å². The number of benzene rings is 7. The predicted molar refractivity (Wildman–Crippen MR) is 214 cm³/mol. The van der Waals surface area contributed by atoms with Gasteiger partial charge in [0.1, 0.15) is 0 Å². The van der Waals surface area contributed by atoms with Crippen LogP contribution in [0.2, 0.25) is 0 Å². The molecule has 0 aliphatic heterocycles. The minimum atomic E-state index is -0.456. The van der Waals surface area contributed by atoms with Gasteiger partial charge in [-0.15, -0.1) is 11.3 Å². The molecule has 7 aromatic carbocycles. The molecule has 238 valence electrons. The lowest BCUT2D eigenvalue weighted by atomic mass is 9.50. The zero-order valence-electron chi connectivity index (χ0n) is 28.0. The van der Waals surface area contributed by atoms with Crippen LogP contribution in [0.25, 0.3) is 48.0 Å². The van der Waals surface area contributed by atoms with E-state index in [4.69, 9.17) is 0 Å². The summed E-state index contributed by atoms with van der Waals surface area (Å²) in [5.41, 5.74) is 18.6. The molecule has 1 aromatic heterocycles. The van der Waals surface area contributed by atoms with Gasteiger partial charge in [-0.3, -0.25) is 0 Å². The lowest BCUT2D eigenvalue weighted by Crippen LogP contribution is -2.44. The van der Waals surface area contributed by atoms with Crippen LogP contribution in [-0.2, 0) is 10.8 Å². The SMILES string of the molecule is C1=CC2=C(CC1)C1(c3ccccc32)c2ccccc2C2(c3ccccc3-c3ccccc32)c2cccc(-c3ccc4sc5ccccc5c4c3)c21. The highest BCUT2D eigenvalue weighted by molar-refractivity contribution is 7.25. The lowest BCUT2D eigenvalue weighted by Gasteiger charge is -2.50. The zero-order valence-corrected chi connectivity index (χ0v) is 28.8. The minimum Gasteiger partial charge on any atom is -0.135 e. The molecule has 0 fully saturated rings. The predicted octanol–water partition coefficient (Wildman–Crippen LogP) is 12.8. The monoisotopic (exact) mass is 664 g/mol. The smallest absolute Gasteiger partial charge is 0.0720 e. The molecule has 0 amide bonds. The van der Waals surface area contributed by atoms with Gasteiger partial charge >= 0.3 is 0 Å². The highest BCUT2D eigenvalue weighted by atomic mass is 32.1. The van der Waals surface area contributed by atoms with E-state index in [1.165, 1.54) is 92.5 Å². The van der Waals surface area contributed by atoms with Gasteiger partial charge in [0.15, 0.2) is 0 Å². The maximum absolute atomic E-state index is 2.48. The molecule has 0 N–H and O–H groups in total. The van der Waals surface area contributed by atoms with Gasteiger partial charge in [0, 0.05) is 20.2 Å². The van der Waals surface area contributed by atoms with Crippen LogP contribution >= 0.6 is 11.3 Å². The van der Waals surface area contributed by atoms with Crippen LogP contribution in [-0.4, -0.2) is 0 Å². The molecule has 0 radical (unpaired) electrons. The third-order valence-electron chi connectivity index (χ3n) is 12.5. The molecule has 0 saturated heterocycles. The van der Waals surface area contributed by atoms with Crippen molar-refractivity contribution >= 4 is 37.1 Å². The van der Waals surface area contributed by atoms with E-state index < -0.39 is 10.8 Å². The minimum absolute atomic E-state index is 0.428. The Bertz CT molecular complexity index is 2830. The number of hydrogen-bond donors (Lipinski definition) is 0. The van der Waals surface area contributed by atoms with Gasteiger partial charge in [-0.1, -0.05) is 152 Å². The molecular formula is C50H32S. The third kappa shape index (κ3) is 3.28. The summed E-state index contributed by atoms with van der Waals surface area (Å²) in [5, 5.41) is 2.68. The van der Waals surface area contributed by atoms with E-state index in [1.54, 1.807) is 5.57 Å². The lowest BCUT2D eigenvalue weighted by molar-refractivity contribution is 0.607. The Morgan fingerprint density at radius 1 is 0.431 bits per heavy atom. The van der Waals surface area contributed by atoms with Crippen molar-refractivity contribution < 1.29 is 0 Å². The van der Waals surface area contributed by atoms with E-state index in [2.05, 4.69) is 170 Å². The summed E-state index contributed by atoms with van der Waals surface area (Å²) in [6.45, 7) is 0. The van der Waals surface area contributed by atoms with Crippen LogP contribution in [0, 0.1) is 0 Å². The Labute approximate surface area is 301 Å². The molecule has 51 heavy (non-hydrogen) atoms. The van der Waals surface area contributed by atoms with Crippen LogP contribution in [0.15, 0.2) is 175 Å². The second-order valence-corrected chi connectivity index (χ2v) is 15.6. The van der Waals surface area contributed by atoms with E-state index >= 15 is 0 Å². The standard InChI is InChI=1S/C50H32S/c1-6-20-39-33(14-1)34-15-2-7-21-40(34)49(39)43-24-10-11-25-44(43)50(41-22-8-3-16-35(41)36-17-4-9-23-42(36)50)48-32(19-13-26-45(48)49)31-28-29-47-38(30-31)37-18-5-12-27-46(37)51-47/h1-8,10-22,24-30H,9,23H2. The van der Waals surface area contributed by atoms with Gasteiger partial charge < -0.3 is 0 Å². The normalized spacial score (nSPS) is 18.5. The molecular weight excluding hydrogens is 633 g/mol. The van der Waals surface area contributed by atoms with Crippen molar-refractivity contribution in [2.45, 2.75) is 23.7 Å². The van der Waals surface area contributed by atoms with Gasteiger partial charge in [-0.2, -0.15) is 0 Å². The van der Waals surface area contributed by atoms with Gasteiger partial charge in [0.05, 0.1) is 10.8 Å². The molecule has 2 spiro atoms. The number of allylic oxidation sites excluding steroid dienone is 4. The van der Waals surface area contributed by atoms with Crippen molar-refractivity contribution in [3.8, 4) is 22.3 Å². The molecule has 1 heteroatoms. The van der Waals surface area contributed by atoms with Gasteiger partial charge in [-0.25, -0.2) is 0 Å². The summed E-state index contributed by atoms with van der Waals surface area (Å²) < 4.78 is 2.69. The fourth-order valence-corrected chi connectivity index (χ4v) is 11.8. The highest BCUT2D eigenvalue weighted by Gasteiger charge is 2.60. The van der Waals surface area contributed by atoms with Crippen LogP contribution in [0.5, 0.6) is 0 Å².